The summed E-state index contributed by atoms with van der Waals surface area (Å²) in [6.07, 6.45) is 1.30. The molecule has 1 aliphatic heterocycles. The number of carbonyl (C=O) groups excluding carboxylic acids is 2. The molecule has 1 amide bonds. The number of nitrogens with zero attached hydrogens (tertiary/aromatic N) is 2. The molecule has 3 aromatic rings. The Morgan fingerprint density at radius 2 is 2.07 bits per heavy atom. The first-order chi connectivity index (χ1) is 14.5. The average molecular weight is 504 g/mol. The maximum Gasteiger partial charge on any atom is 0.281 e. The zero-order chi connectivity index (χ0) is 21.1. The molecule has 0 aliphatic carbocycles. The van der Waals surface area contributed by atoms with E-state index < -0.39 is 0 Å². The van der Waals surface area contributed by atoms with Crippen molar-refractivity contribution in [1.82, 2.24) is 5.01 Å². The molecule has 2 heterocycles. The van der Waals surface area contributed by atoms with Crippen LogP contribution in [0.4, 0.5) is 0 Å². The number of hydrogen-bond acceptors (Lipinski definition) is 5. The fourth-order valence-electron chi connectivity index (χ4n) is 3.21. The predicted octanol–water partition coefficient (Wildman–Crippen LogP) is 5.73. The van der Waals surface area contributed by atoms with Crippen LogP contribution in [-0.4, -0.2) is 29.5 Å². The van der Waals surface area contributed by atoms with E-state index in [1.54, 1.807) is 29.5 Å². The number of aldehydes is 1. The monoisotopic (exact) mass is 502 g/mol. The fourth-order valence-corrected chi connectivity index (χ4v) is 4.52. The van der Waals surface area contributed by atoms with Crippen LogP contribution in [0.15, 0.2) is 69.6 Å². The molecule has 0 N–H and O–H groups in total. The highest BCUT2D eigenvalue weighted by molar-refractivity contribution is 9.10. The summed E-state index contributed by atoms with van der Waals surface area (Å²) < 4.78 is 6.41. The second-order valence-corrected chi connectivity index (χ2v) is 8.95. The van der Waals surface area contributed by atoms with Gasteiger partial charge in [0.15, 0.2) is 12.9 Å². The number of hydrogen-bond donors (Lipinski definition) is 0. The summed E-state index contributed by atoms with van der Waals surface area (Å²) in [6, 6.07) is 16.2. The number of halogens is 2. The number of thiophene rings is 1. The molecular formula is C22H16BrClN2O3S. The lowest BCUT2D eigenvalue weighted by molar-refractivity contribution is -0.135. The van der Waals surface area contributed by atoms with Crippen LogP contribution in [0, 0.1) is 0 Å². The second kappa shape index (κ2) is 9.12. The third-order valence-corrected chi connectivity index (χ3v) is 6.38. The molecule has 30 heavy (non-hydrogen) atoms. The normalized spacial score (nSPS) is 15.7. The largest absolute Gasteiger partial charge is 0.483 e. The molecule has 1 unspecified atom stereocenters. The molecule has 1 atom stereocenters. The van der Waals surface area contributed by atoms with Crippen LogP contribution in [0.3, 0.4) is 0 Å². The maximum atomic E-state index is 13.0. The summed E-state index contributed by atoms with van der Waals surface area (Å²) in [6.45, 7) is -0.220. The Morgan fingerprint density at radius 1 is 1.27 bits per heavy atom. The van der Waals surface area contributed by atoms with Gasteiger partial charge >= 0.3 is 0 Å². The van der Waals surface area contributed by atoms with Gasteiger partial charge in [0.2, 0.25) is 0 Å². The lowest BCUT2D eigenvalue weighted by atomic mass is 10.0. The van der Waals surface area contributed by atoms with E-state index in [1.807, 2.05) is 41.8 Å². The van der Waals surface area contributed by atoms with E-state index in [1.165, 1.54) is 5.01 Å². The molecule has 8 heteroatoms. The minimum Gasteiger partial charge on any atom is -0.483 e. The number of benzene rings is 2. The van der Waals surface area contributed by atoms with Gasteiger partial charge in [-0.05, 0) is 47.3 Å². The van der Waals surface area contributed by atoms with Crippen molar-refractivity contribution in [2.75, 3.05) is 6.61 Å². The van der Waals surface area contributed by atoms with Crippen molar-refractivity contribution in [3.05, 3.63) is 85.5 Å². The van der Waals surface area contributed by atoms with Crippen molar-refractivity contribution < 1.29 is 14.3 Å². The summed E-state index contributed by atoms with van der Waals surface area (Å²) >= 11 is 10.9. The molecule has 0 bridgehead atoms. The van der Waals surface area contributed by atoms with Crippen LogP contribution in [0.1, 0.15) is 33.3 Å². The molecule has 0 radical (unpaired) electrons. The summed E-state index contributed by atoms with van der Waals surface area (Å²) in [5.41, 5.74) is 2.11. The Balaban J connectivity index is 1.56. The van der Waals surface area contributed by atoms with Crippen molar-refractivity contribution >= 4 is 56.8 Å². The first-order valence-corrected chi connectivity index (χ1v) is 11.2. The summed E-state index contributed by atoms with van der Waals surface area (Å²) in [5.74, 6) is 0.0763. The lowest BCUT2D eigenvalue weighted by Gasteiger charge is -2.21. The van der Waals surface area contributed by atoms with Crippen molar-refractivity contribution in [1.29, 1.82) is 0 Å². The minimum atomic E-state index is -0.280. The van der Waals surface area contributed by atoms with Gasteiger partial charge in [-0.15, -0.1) is 11.3 Å². The van der Waals surface area contributed by atoms with Crippen LogP contribution < -0.4 is 4.74 Å². The number of ether oxygens (including phenoxy) is 1. The van der Waals surface area contributed by atoms with Gasteiger partial charge in [0, 0.05) is 20.8 Å². The minimum absolute atomic E-state index is 0.192. The van der Waals surface area contributed by atoms with Crippen LogP contribution in [-0.2, 0) is 4.79 Å². The molecule has 5 nitrogen and oxygen atoms in total. The van der Waals surface area contributed by atoms with E-state index in [-0.39, 0.29) is 18.6 Å². The van der Waals surface area contributed by atoms with E-state index in [9.17, 15) is 9.59 Å². The zero-order valence-corrected chi connectivity index (χ0v) is 18.8. The highest BCUT2D eigenvalue weighted by Gasteiger charge is 2.34. The van der Waals surface area contributed by atoms with Gasteiger partial charge in [0.25, 0.3) is 5.91 Å². The van der Waals surface area contributed by atoms with Crippen LogP contribution in [0.2, 0.25) is 5.02 Å². The van der Waals surface area contributed by atoms with Crippen molar-refractivity contribution in [2.45, 2.75) is 12.5 Å². The number of rotatable bonds is 6. The Morgan fingerprint density at radius 3 is 2.77 bits per heavy atom. The van der Waals surface area contributed by atoms with E-state index in [0.29, 0.717) is 29.0 Å². The van der Waals surface area contributed by atoms with Crippen LogP contribution >= 0.6 is 38.9 Å². The quantitative estimate of drug-likeness (QED) is 0.403. The summed E-state index contributed by atoms with van der Waals surface area (Å²) in [4.78, 5) is 25.3. The van der Waals surface area contributed by atoms with Crippen molar-refractivity contribution in [3.8, 4) is 5.75 Å². The predicted molar refractivity (Wildman–Crippen MR) is 122 cm³/mol. The van der Waals surface area contributed by atoms with Gasteiger partial charge in [-0.2, -0.15) is 5.10 Å². The molecular weight excluding hydrogens is 488 g/mol. The summed E-state index contributed by atoms with van der Waals surface area (Å²) in [5, 5.41) is 8.71. The summed E-state index contributed by atoms with van der Waals surface area (Å²) in [7, 11) is 0. The molecule has 0 saturated heterocycles. The third-order valence-electron chi connectivity index (χ3n) is 4.66. The van der Waals surface area contributed by atoms with Crippen LogP contribution in [0.25, 0.3) is 0 Å². The molecule has 2 aromatic carbocycles. The van der Waals surface area contributed by atoms with E-state index >= 15 is 0 Å². The number of hydrazone groups is 1. The third kappa shape index (κ3) is 4.48. The molecule has 1 aromatic heterocycles. The first kappa shape index (κ1) is 20.8. The fraction of sp³-hybridized carbons (Fsp3) is 0.136. The maximum absolute atomic E-state index is 13.0. The van der Waals surface area contributed by atoms with E-state index in [2.05, 4.69) is 21.0 Å². The molecule has 4 rings (SSSR count). The van der Waals surface area contributed by atoms with Gasteiger partial charge in [0.1, 0.15) is 5.75 Å². The molecule has 0 fully saturated rings. The van der Waals surface area contributed by atoms with Crippen molar-refractivity contribution in [3.63, 3.8) is 0 Å². The number of amides is 1. The number of carbonyl (C=O) groups is 2. The highest BCUT2D eigenvalue weighted by atomic mass is 79.9. The standard InChI is InChI=1S/C22H16BrClN2O3S/c23-16-5-8-20(15(10-16)12-27)29-13-22(28)26-19(21-2-1-9-30-21)11-18(25-26)14-3-6-17(24)7-4-14/h1-10,12,19H,11,13H2. The van der Waals surface area contributed by atoms with Crippen molar-refractivity contribution in [2.24, 2.45) is 5.10 Å². The van der Waals surface area contributed by atoms with Gasteiger partial charge in [-0.3, -0.25) is 9.59 Å². The second-order valence-electron chi connectivity index (χ2n) is 6.62. The highest BCUT2D eigenvalue weighted by Crippen LogP contribution is 2.35. The smallest absolute Gasteiger partial charge is 0.281 e. The van der Waals surface area contributed by atoms with E-state index in [4.69, 9.17) is 16.3 Å². The molecule has 0 saturated carbocycles. The Bertz CT molecular complexity index is 1100. The lowest BCUT2D eigenvalue weighted by Crippen LogP contribution is -2.31. The van der Waals surface area contributed by atoms with Gasteiger partial charge in [-0.1, -0.05) is 45.7 Å². The Kier molecular flexibility index (Phi) is 6.32. The van der Waals surface area contributed by atoms with Gasteiger partial charge < -0.3 is 4.74 Å². The zero-order valence-electron chi connectivity index (χ0n) is 15.6. The van der Waals surface area contributed by atoms with Crippen LogP contribution in [0.5, 0.6) is 5.75 Å². The topological polar surface area (TPSA) is 59.0 Å². The molecule has 152 valence electrons. The van der Waals surface area contributed by atoms with E-state index in [0.717, 1.165) is 20.6 Å². The molecule has 0 spiro atoms. The van der Waals surface area contributed by atoms with Gasteiger partial charge in [0.05, 0.1) is 17.3 Å². The Labute approximate surface area is 191 Å². The molecule has 1 aliphatic rings. The van der Waals surface area contributed by atoms with Gasteiger partial charge in [-0.25, -0.2) is 5.01 Å². The SMILES string of the molecule is O=Cc1cc(Br)ccc1OCC(=O)N1N=C(c2ccc(Cl)cc2)CC1c1cccs1. The first-order valence-electron chi connectivity index (χ1n) is 9.11. The average Bonchev–Trinajstić information content (AvgIpc) is 3.43. The Hall–Kier alpha value is -2.48.